The van der Waals surface area contributed by atoms with Crippen molar-refractivity contribution >= 4 is 0 Å². The summed E-state index contributed by atoms with van der Waals surface area (Å²) in [5, 5.41) is 20.7. The summed E-state index contributed by atoms with van der Waals surface area (Å²) in [6.07, 6.45) is 3.74. The highest BCUT2D eigenvalue weighted by Crippen LogP contribution is 2.11. The first-order valence-electron chi connectivity index (χ1n) is 5.72. The maximum Gasteiger partial charge on any atom is 0.0784 e. The minimum absolute atomic E-state index is 0.0460. The first-order chi connectivity index (χ1) is 8.04. The molecule has 0 aromatic carbocycles. The fourth-order valence-corrected chi connectivity index (χ4v) is 1.65. The third-order valence-corrected chi connectivity index (χ3v) is 2.39. The molecular formula is C12H22N2O3. The molecule has 0 unspecified atom stereocenters. The Morgan fingerprint density at radius 2 is 1.76 bits per heavy atom. The van der Waals surface area contributed by atoms with Crippen LogP contribution < -0.4 is 0 Å². The first-order valence-corrected chi connectivity index (χ1v) is 5.72. The van der Waals surface area contributed by atoms with Crippen LogP contribution in [0.3, 0.4) is 0 Å². The maximum atomic E-state index is 10.2. The van der Waals surface area contributed by atoms with E-state index in [9.17, 15) is 4.91 Å². The van der Waals surface area contributed by atoms with Gasteiger partial charge in [-0.15, -0.1) is 4.91 Å². The van der Waals surface area contributed by atoms with Crippen LogP contribution in [0.15, 0.2) is 28.7 Å². The Bertz CT molecular complexity index is 281. The van der Waals surface area contributed by atoms with E-state index < -0.39 is 0 Å². The van der Waals surface area contributed by atoms with Crippen molar-refractivity contribution in [3.8, 4) is 0 Å². The first kappa shape index (κ1) is 15.8. The molecule has 0 saturated carbocycles. The molecule has 98 valence electrons. The molecule has 5 heteroatoms. The zero-order valence-electron chi connectivity index (χ0n) is 10.8. The van der Waals surface area contributed by atoms with E-state index in [2.05, 4.69) is 5.18 Å². The zero-order chi connectivity index (χ0) is 13.3. The van der Waals surface area contributed by atoms with Crippen LogP contribution in [0.2, 0.25) is 0 Å². The molecule has 0 aliphatic heterocycles. The van der Waals surface area contributed by atoms with Crippen LogP contribution in [0.1, 0.15) is 20.8 Å². The van der Waals surface area contributed by atoms with E-state index in [0.717, 1.165) is 5.70 Å². The van der Waals surface area contributed by atoms with Gasteiger partial charge in [-0.05, 0) is 24.9 Å². The molecule has 0 aromatic rings. The lowest BCUT2D eigenvalue weighted by atomic mass is 10.1. The number of hydrogen-bond donors (Lipinski definition) is 2. The van der Waals surface area contributed by atoms with E-state index in [0.29, 0.717) is 18.8 Å². The summed E-state index contributed by atoms with van der Waals surface area (Å²) in [7, 11) is 0. The normalized spacial score (nSPS) is 14.6. The number of nitroso groups, excluding NO2 is 1. The van der Waals surface area contributed by atoms with Crippen molar-refractivity contribution in [1.29, 1.82) is 0 Å². The lowest BCUT2D eigenvalue weighted by Gasteiger charge is -2.24. The van der Waals surface area contributed by atoms with Gasteiger partial charge in [-0.25, -0.2) is 0 Å². The second-order valence-corrected chi connectivity index (χ2v) is 4.00. The molecule has 0 bridgehead atoms. The Morgan fingerprint density at radius 3 is 2.18 bits per heavy atom. The van der Waals surface area contributed by atoms with Gasteiger partial charge in [-0.2, -0.15) is 0 Å². The number of nitrogens with zero attached hydrogens (tertiary/aromatic N) is 2. The minimum atomic E-state index is 0.0460. The lowest BCUT2D eigenvalue weighted by molar-refractivity contribution is 0.188. The van der Waals surface area contributed by atoms with Crippen molar-refractivity contribution < 1.29 is 10.2 Å². The quantitative estimate of drug-likeness (QED) is 0.632. The molecule has 17 heavy (non-hydrogen) atoms. The van der Waals surface area contributed by atoms with Gasteiger partial charge in [0.2, 0.25) is 0 Å². The van der Waals surface area contributed by atoms with Crippen LogP contribution in [-0.2, 0) is 0 Å². The Balaban J connectivity index is 4.61. The molecule has 0 saturated heterocycles. The standard InChI is InChI=1S/C12H22N2O3/c1-10(8-11(2)13-17)9-12(3)14(4-6-15)5-7-16/h8-10,15-16H,4-7H2,1-3H3/b11-8+,12-9+/t10-/m1/s1. The fraction of sp³-hybridized carbons (Fsp3) is 0.667. The van der Waals surface area contributed by atoms with Crippen molar-refractivity contribution in [2.45, 2.75) is 20.8 Å². The van der Waals surface area contributed by atoms with Gasteiger partial charge in [0.05, 0.1) is 18.9 Å². The monoisotopic (exact) mass is 242 g/mol. The van der Waals surface area contributed by atoms with Gasteiger partial charge < -0.3 is 15.1 Å². The molecule has 2 N–H and O–H groups in total. The Hall–Kier alpha value is -1.20. The van der Waals surface area contributed by atoms with E-state index >= 15 is 0 Å². The second kappa shape index (κ2) is 8.90. The van der Waals surface area contributed by atoms with Gasteiger partial charge in [0.15, 0.2) is 0 Å². The van der Waals surface area contributed by atoms with Gasteiger partial charge in [0.25, 0.3) is 0 Å². The Morgan fingerprint density at radius 1 is 1.24 bits per heavy atom. The summed E-state index contributed by atoms with van der Waals surface area (Å²) in [6.45, 7) is 6.60. The lowest BCUT2D eigenvalue weighted by Crippen LogP contribution is -2.28. The molecule has 0 spiro atoms. The smallest absolute Gasteiger partial charge is 0.0784 e. The SMILES string of the molecule is C/C(=C\[C@@H](C)/C=C(\C)N(CCO)CCO)N=O. The Labute approximate surface area is 102 Å². The second-order valence-electron chi connectivity index (χ2n) is 4.00. The van der Waals surface area contributed by atoms with Gasteiger partial charge in [0.1, 0.15) is 0 Å². The number of aliphatic hydroxyl groups is 2. The summed E-state index contributed by atoms with van der Waals surface area (Å²) in [4.78, 5) is 12.1. The number of allylic oxidation sites excluding steroid dienone is 4. The summed E-state index contributed by atoms with van der Waals surface area (Å²) in [5.74, 6) is 0.0904. The predicted octanol–water partition coefficient (Wildman–Crippen LogP) is 1.48. The van der Waals surface area contributed by atoms with Crippen molar-refractivity contribution in [2.24, 2.45) is 11.1 Å². The third-order valence-electron chi connectivity index (χ3n) is 2.39. The number of rotatable bonds is 8. The molecule has 0 rings (SSSR count). The van der Waals surface area contributed by atoms with Gasteiger partial charge in [-0.1, -0.05) is 19.1 Å². The van der Waals surface area contributed by atoms with Crippen LogP contribution in [0.4, 0.5) is 0 Å². The van der Waals surface area contributed by atoms with Crippen molar-refractivity contribution in [3.63, 3.8) is 0 Å². The average molecular weight is 242 g/mol. The van der Waals surface area contributed by atoms with Gasteiger partial charge in [-0.3, -0.25) is 0 Å². The van der Waals surface area contributed by atoms with E-state index in [-0.39, 0.29) is 19.1 Å². The predicted molar refractivity (Wildman–Crippen MR) is 68.2 cm³/mol. The average Bonchev–Trinajstić information content (AvgIpc) is 2.28. The van der Waals surface area contributed by atoms with E-state index in [1.165, 1.54) is 0 Å². The summed E-state index contributed by atoms with van der Waals surface area (Å²) in [5.41, 5.74) is 1.42. The summed E-state index contributed by atoms with van der Waals surface area (Å²) >= 11 is 0. The molecule has 5 nitrogen and oxygen atoms in total. The third kappa shape index (κ3) is 6.86. The van der Waals surface area contributed by atoms with Crippen molar-refractivity contribution in [1.82, 2.24) is 4.90 Å². The molecule has 0 radical (unpaired) electrons. The van der Waals surface area contributed by atoms with Crippen LogP contribution in [0.5, 0.6) is 0 Å². The topological polar surface area (TPSA) is 73.1 Å². The van der Waals surface area contributed by atoms with Gasteiger partial charge >= 0.3 is 0 Å². The minimum Gasteiger partial charge on any atom is -0.395 e. The summed E-state index contributed by atoms with van der Waals surface area (Å²) in [6, 6.07) is 0. The van der Waals surface area contributed by atoms with Crippen LogP contribution in [0.25, 0.3) is 0 Å². The van der Waals surface area contributed by atoms with Crippen LogP contribution in [-0.4, -0.2) is 41.4 Å². The zero-order valence-corrected chi connectivity index (χ0v) is 10.8. The van der Waals surface area contributed by atoms with E-state index in [1.54, 1.807) is 13.0 Å². The summed E-state index contributed by atoms with van der Waals surface area (Å²) < 4.78 is 0. The fourth-order valence-electron chi connectivity index (χ4n) is 1.65. The number of hydrogen-bond acceptors (Lipinski definition) is 5. The highest BCUT2D eigenvalue weighted by Gasteiger charge is 2.05. The molecular weight excluding hydrogens is 220 g/mol. The van der Waals surface area contributed by atoms with E-state index in [1.807, 2.05) is 24.8 Å². The maximum absolute atomic E-state index is 10.2. The van der Waals surface area contributed by atoms with Gasteiger partial charge in [0, 0.05) is 18.8 Å². The highest BCUT2D eigenvalue weighted by molar-refractivity contribution is 5.09. The molecule has 0 aliphatic carbocycles. The largest absolute Gasteiger partial charge is 0.395 e. The van der Waals surface area contributed by atoms with Crippen molar-refractivity contribution in [2.75, 3.05) is 26.3 Å². The molecule has 0 aliphatic rings. The van der Waals surface area contributed by atoms with Crippen molar-refractivity contribution in [3.05, 3.63) is 28.5 Å². The Kier molecular flexibility index (Phi) is 8.27. The molecule has 0 fully saturated rings. The highest BCUT2D eigenvalue weighted by atomic mass is 16.3. The molecule has 0 amide bonds. The molecule has 0 aromatic heterocycles. The van der Waals surface area contributed by atoms with Crippen LogP contribution >= 0.6 is 0 Å². The van der Waals surface area contributed by atoms with Crippen LogP contribution in [0, 0.1) is 10.8 Å². The van der Waals surface area contributed by atoms with E-state index in [4.69, 9.17) is 10.2 Å². The molecule has 0 heterocycles. The number of aliphatic hydroxyl groups excluding tert-OH is 2. The molecule has 1 atom stereocenters.